The molecule has 0 saturated carbocycles. The number of ether oxygens (including phenoxy) is 1. The van der Waals surface area contributed by atoms with E-state index in [1.165, 1.54) is 18.4 Å². The van der Waals surface area contributed by atoms with E-state index >= 15 is 0 Å². The van der Waals surface area contributed by atoms with Gasteiger partial charge in [0.1, 0.15) is 4.88 Å². The number of benzene rings is 2. The van der Waals surface area contributed by atoms with Gasteiger partial charge in [0.2, 0.25) is 0 Å². The van der Waals surface area contributed by atoms with Gasteiger partial charge in [-0.25, -0.2) is 9.78 Å². The second-order valence-corrected chi connectivity index (χ2v) is 5.54. The molecule has 0 aliphatic rings. The highest BCUT2D eigenvalue weighted by Crippen LogP contribution is 2.33. The maximum absolute atomic E-state index is 12.0. The fourth-order valence-electron chi connectivity index (χ4n) is 2.04. The van der Waals surface area contributed by atoms with Gasteiger partial charge in [-0.3, -0.25) is 0 Å². The van der Waals surface area contributed by atoms with E-state index in [-0.39, 0.29) is 5.97 Å². The Hall–Kier alpha value is -2.66. The lowest BCUT2D eigenvalue weighted by Crippen LogP contribution is -2.00. The van der Waals surface area contributed by atoms with E-state index < -0.39 is 0 Å². The summed E-state index contributed by atoms with van der Waals surface area (Å²) in [5, 5.41) is 3.87. The molecule has 3 rings (SSSR count). The van der Waals surface area contributed by atoms with Gasteiger partial charge in [0.15, 0.2) is 5.13 Å². The van der Waals surface area contributed by atoms with Crippen LogP contribution in [-0.4, -0.2) is 18.1 Å². The highest BCUT2D eigenvalue weighted by atomic mass is 32.1. The van der Waals surface area contributed by atoms with Crippen LogP contribution < -0.4 is 5.32 Å². The van der Waals surface area contributed by atoms with Crippen LogP contribution in [0.3, 0.4) is 0 Å². The third-order valence-corrected chi connectivity index (χ3v) is 4.02. The molecule has 22 heavy (non-hydrogen) atoms. The lowest BCUT2D eigenvalue weighted by molar-refractivity contribution is 0.0607. The number of para-hydroxylation sites is 1. The topological polar surface area (TPSA) is 51.2 Å². The van der Waals surface area contributed by atoms with Crippen molar-refractivity contribution in [3.63, 3.8) is 0 Å². The zero-order valence-electron chi connectivity index (χ0n) is 11.9. The van der Waals surface area contributed by atoms with Crippen LogP contribution in [0.1, 0.15) is 9.67 Å². The highest BCUT2D eigenvalue weighted by molar-refractivity contribution is 7.18. The second kappa shape index (κ2) is 6.41. The van der Waals surface area contributed by atoms with Gasteiger partial charge in [-0.05, 0) is 12.1 Å². The lowest BCUT2D eigenvalue weighted by atomic mass is 10.1. The van der Waals surface area contributed by atoms with E-state index in [0.29, 0.717) is 15.7 Å². The van der Waals surface area contributed by atoms with Gasteiger partial charge in [0, 0.05) is 11.3 Å². The Kier molecular flexibility index (Phi) is 4.16. The Morgan fingerprint density at radius 3 is 2.32 bits per heavy atom. The molecule has 0 aliphatic heterocycles. The zero-order valence-corrected chi connectivity index (χ0v) is 12.8. The molecule has 110 valence electrons. The fourth-order valence-corrected chi connectivity index (χ4v) is 2.97. The van der Waals surface area contributed by atoms with E-state index in [0.717, 1.165) is 11.3 Å². The molecule has 0 saturated heterocycles. The molecule has 3 aromatic rings. The summed E-state index contributed by atoms with van der Waals surface area (Å²) in [5.41, 5.74) is 2.45. The molecular weight excluding hydrogens is 296 g/mol. The SMILES string of the molecule is COC(=O)c1sc(Nc2ccccc2)nc1-c1ccccc1. The van der Waals surface area contributed by atoms with Crippen LogP contribution in [0.2, 0.25) is 0 Å². The highest BCUT2D eigenvalue weighted by Gasteiger charge is 2.20. The van der Waals surface area contributed by atoms with Crippen LogP contribution in [0.15, 0.2) is 60.7 Å². The predicted molar refractivity (Wildman–Crippen MR) is 88.6 cm³/mol. The van der Waals surface area contributed by atoms with Gasteiger partial charge in [0.05, 0.1) is 12.8 Å². The number of nitrogens with one attached hydrogen (secondary N) is 1. The largest absolute Gasteiger partial charge is 0.465 e. The van der Waals surface area contributed by atoms with Crippen LogP contribution >= 0.6 is 11.3 Å². The minimum absolute atomic E-state index is 0.377. The number of carbonyl (C=O) groups excluding carboxylic acids is 1. The summed E-state index contributed by atoms with van der Waals surface area (Å²) >= 11 is 1.29. The Balaban J connectivity index is 2.00. The van der Waals surface area contributed by atoms with Crippen LogP contribution in [0.25, 0.3) is 11.3 Å². The normalized spacial score (nSPS) is 10.2. The Morgan fingerprint density at radius 2 is 1.68 bits per heavy atom. The van der Waals surface area contributed by atoms with Crippen LogP contribution in [0.4, 0.5) is 10.8 Å². The maximum atomic E-state index is 12.0. The predicted octanol–water partition coefficient (Wildman–Crippen LogP) is 4.34. The molecule has 1 heterocycles. The molecule has 0 amide bonds. The molecule has 0 radical (unpaired) electrons. The number of anilines is 2. The first-order chi connectivity index (χ1) is 10.8. The summed E-state index contributed by atoms with van der Waals surface area (Å²) in [6.45, 7) is 0. The number of nitrogens with zero attached hydrogens (tertiary/aromatic N) is 1. The summed E-state index contributed by atoms with van der Waals surface area (Å²) < 4.78 is 4.87. The number of aromatic nitrogens is 1. The molecule has 0 spiro atoms. The molecule has 0 unspecified atom stereocenters. The molecule has 0 aliphatic carbocycles. The van der Waals surface area contributed by atoms with Crippen molar-refractivity contribution in [3.8, 4) is 11.3 Å². The summed E-state index contributed by atoms with van der Waals surface area (Å²) in [5.74, 6) is -0.377. The number of thiazole rings is 1. The van der Waals surface area contributed by atoms with Gasteiger partial charge in [-0.1, -0.05) is 59.9 Å². The summed E-state index contributed by atoms with van der Waals surface area (Å²) in [6, 6.07) is 19.3. The van der Waals surface area contributed by atoms with Crippen molar-refractivity contribution >= 4 is 28.1 Å². The van der Waals surface area contributed by atoms with E-state index in [1.54, 1.807) is 0 Å². The van der Waals surface area contributed by atoms with Crippen molar-refractivity contribution in [2.75, 3.05) is 12.4 Å². The number of rotatable bonds is 4. The average molecular weight is 310 g/mol. The van der Waals surface area contributed by atoms with E-state index in [4.69, 9.17) is 4.74 Å². The van der Waals surface area contributed by atoms with Crippen molar-refractivity contribution in [1.29, 1.82) is 0 Å². The number of methoxy groups -OCH3 is 1. The monoisotopic (exact) mass is 310 g/mol. The van der Waals surface area contributed by atoms with Gasteiger partial charge in [0.25, 0.3) is 0 Å². The van der Waals surface area contributed by atoms with Crippen molar-refractivity contribution in [3.05, 3.63) is 65.5 Å². The first kappa shape index (κ1) is 14.3. The summed E-state index contributed by atoms with van der Waals surface area (Å²) in [4.78, 5) is 17.0. The number of hydrogen-bond donors (Lipinski definition) is 1. The minimum atomic E-state index is -0.377. The lowest BCUT2D eigenvalue weighted by Gasteiger charge is -2.00. The first-order valence-electron chi connectivity index (χ1n) is 6.74. The molecule has 1 N–H and O–H groups in total. The maximum Gasteiger partial charge on any atom is 0.350 e. The molecule has 0 atom stereocenters. The van der Waals surface area contributed by atoms with Crippen molar-refractivity contribution in [1.82, 2.24) is 4.98 Å². The summed E-state index contributed by atoms with van der Waals surface area (Å²) in [7, 11) is 1.38. The Bertz CT molecular complexity index is 770. The molecule has 0 bridgehead atoms. The summed E-state index contributed by atoms with van der Waals surface area (Å²) in [6.07, 6.45) is 0. The van der Waals surface area contributed by atoms with Crippen LogP contribution in [-0.2, 0) is 4.74 Å². The standard InChI is InChI=1S/C17H14N2O2S/c1-21-16(20)15-14(12-8-4-2-5-9-12)19-17(22-15)18-13-10-6-3-7-11-13/h2-11H,1H3,(H,18,19). The molecular formula is C17H14N2O2S. The molecule has 5 heteroatoms. The van der Waals surface area contributed by atoms with Crippen LogP contribution in [0, 0.1) is 0 Å². The van der Waals surface area contributed by atoms with Gasteiger partial charge >= 0.3 is 5.97 Å². The molecule has 4 nitrogen and oxygen atoms in total. The van der Waals surface area contributed by atoms with E-state index in [9.17, 15) is 4.79 Å². The number of esters is 1. The average Bonchev–Trinajstić information content (AvgIpc) is 3.00. The van der Waals surface area contributed by atoms with Gasteiger partial charge in [-0.15, -0.1) is 0 Å². The molecule has 1 aromatic heterocycles. The van der Waals surface area contributed by atoms with Gasteiger partial charge < -0.3 is 10.1 Å². The van der Waals surface area contributed by atoms with E-state index in [1.807, 2.05) is 60.7 Å². The molecule has 2 aromatic carbocycles. The van der Waals surface area contributed by atoms with Gasteiger partial charge in [-0.2, -0.15) is 0 Å². The number of carbonyl (C=O) groups is 1. The quantitative estimate of drug-likeness (QED) is 0.728. The van der Waals surface area contributed by atoms with Crippen molar-refractivity contribution < 1.29 is 9.53 Å². The van der Waals surface area contributed by atoms with Crippen LogP contribution in [0.5, 0.6) is 0 Å². The first-order valence-corrected chi connectivity index (χ1v) is 7.56. The third-order valence-electron chi connectivity index (χ3n) is 3.07. The zero-order chi connectivity index (χ0) is 15.4. The van der Waals surface area contributed by atoms with E-state index in [2.05, 4.69) is 10.3 Å². The number of hydrogen-bond acceptors (Lipinski definition) is 5. The Labute approximate surface area is 132 Å². The van der Waals surface area contributed by atoms with Crippen molar-refractivity contribution in [2.24, 2.45) is 0 Å². The third kappa shape index (κ3) is 2.99. The fraction of sp³-hybridized carbons (Fsp3) is 0.0588. The smallest absolute Gasteiger partial charge is 0.350 e. The minimum Gasteiger partial charge on any atom is -0.465 e. The Morgan fingerprint density at radius 1 is 1.05 bits per heavy atom. The molecule has 0 fully saturated rings. The van der Waals surface area contributed by atoms with Crippen molar-refractivity contribution in [2.45, 2.75) is 0 Å². The second-order valence-electron chi connectivity index (χ2n) is 4.55.